The fourth-order valence-corrected chi connectivity index (χ4v) is 2.86. The number of hydrogen-bond donors (Lipinski definition) is 1. The molecule has 2 atom stereocenters. The fourth-order valence-electron chi connectivity index (χ4n) is 2.86. The Hall–Kier alpha value is -1.26. The molecule has 19 heavy (non-hydrogen) atoms. The molecule has 2 fully saturated rings. The summed E-state index contributed by atoms with van der Waals surface area (Å²) in [5.74, 6) is -0.0179. The molecule has 0 spiro atoms. The van der Waals surface area contributed by atoms with Crippen molar-refractivity contribution >= 4 is 12.1 Å². The molecule has 1 heterocycles. The van der Waals surface area contributed by atoms with Gasteiger partial charge in [-0.2, -0.15) is 0 Å². The Kier molecular flexibility index (Phi) is 3.74. The van der Waals surface area contributed by atoms with Crippen molar-refractivity contribution in [1.29, 1.82) is 0 Å². The van der Waals surface area contributed by atoms with Gasteiger partial charge in [-0.15, -0.1) is 0 Å². The lowest BCUT2D eigenvalue weighted by Crippen LogP contribution is -2.42. The van der Waals surface area contributed by atoms with E-state index in [0.717, 1.165) is 19.3 Å². The average molecular weight is 269 g/mol. The molecule has 1 aliphatic heterocycles. The van der Waals surface area contributed by atoms with E-state index in [0.29, 0.717) is 24.9 Å². The number of ether oxygens (including phenoxy) is 1. The van der Waals surface area contributed by atoms with E-state index >= 15 is 0 Å². The third-order valence-electron chi connectivity index (χ3n) is 3.95. The number of amides is 1. The SMILES string of the molecule is CC(C)(C)OC(=O)N1CCC([C@H]2C[C@@H]2C(=O)O)CC1. The van der Waals surface area contributed by atoms with Crippen LogP contribution in [-0.2, 0) is 9.53 Å². The largest absolute Gasteiger partial charge is 0.481 e. The van der Waals surface area contributed by atoms with Gasteiger partial charge in [-0.25, -0.2) is 4.79 Å². The van der Waals surface area contributed by atoms with Crippen LogP contribution in [0.15, 0.2) is 0 Å². The monoisotopic (exact) mass is 269 g/mol. The maximum atomic E-state index is 11.9. The Balaban J connectivity index is 1.77. The second-order valence-electron chi connectivity index (χ2n) is 6.65. The summed E-state index contributed by atoms with van der Waals surface area (Å²) < 4.78 is 5.34. The molecule has 0 aromatic carbocycles. The standard InChI is InChI=1S/C14H23NO4/c1-14(2,3)19-13(18)15-6-4-9(5-7-15)10-8-11(10)12(16)17/h9-11H,4-8H2,1-3H3,(H,16,17)/t10-,11+/m1/s1. The molecule has 0 aromatic rings. The van der Waals surface area contributed by atoms with Crippen LogP contribution < -0.4 is 0 Å². The van der Waals surface area contributed by atoms with Crippen LogP contribution in [-0.4, -0.2) is 40.8 Å². The number of carbonyl (C=O) groups is 2. The molecular formula is C14H23NO4. The van der Waals surface area contributed by atoms with Crippen molar-refractivity contribution < 1.29 is 19.4 Å². The second-order valence-corrected chi connectivity index (χ2v) is 6.65. The summed E-state index contributed by atoms with van der Waals surface area (Å²) >= 11 is 0. The Labute approximate surface area is 113 Å². The molecule has 0 aromatic heterocycles. The number of carboxylic acids is 1. The number of nitrogens with zero attached hydrogens (tertiary/aromatic N) is 1. The molecule has 5 heteroatoms. The highest BCUT2D eigenvalue weighted by atomic mass is 16.6. The van der Waals surface area contributed by atoms with Gasteiger partial charge in [0.05, 0.1) is 5.92 Å². The number of aliphatic carboxylic acids is 1. The van der Waals surface area contributed by atoms with Gasteiger partial charge in [0, 0.05) is 13.1 Å². The quantitative estimate of drug-likeness (QED) is 0.835. The van der Waals surface area contributed by atoms with Crippen LogP contribution in [0.25, 0.3) is 0 Å². The summed E-state index contributed by atoms with van der Waals surface area (Å²) in [7, 11) is 0. The van der Waals surface area contributed by atoms with Crippen LogP contribution in [0, 0.1) is 17.8 Å². The maximum absolute atomic E-state index is 11.9. The normalized spacial score (nSPS) is 28.1. The number of piperidine rings is 1. The van der Waals surface area contributed by atoms with E-state index in [2.05, 4.69) is 0 Å². The van der Waals surface area contributed by atoms with E-state index in [9.17, 15) is 9.59 Å². The minimum Gasteiger partial charge on any atom is -0.481 e. The van der Waals surface area contributed by atoms with Gasteiger partial charge in [-0.05, 0) is 51.9 Å². The lowest BCUT2D eigenvalue weighted by Gasteiger charge is -2.33. The van der Waals surface area contributed by atoms with Gasteiger partial charge < -0.3 is 14.7 Å². The van der Waals surface area contributed by atoms with Crippen molar-refractivity contribution in [3.8, 4) is 0 Å². The van der Waals surface area contributed by atoms with E-state index < -0.39 is 11.6 Å². The number of likely N-dealkylation sites (tertiary alicyclic amines) is 1. The molecular weight excluding hydrogens is 246 g/mol. The summed E-state index contributed by atoms with van der Waals surface area (Å²) in [5, 5.41) is 8.94. The van der Waals surface area contributed by atoms with Crippen molar-refractivity contribution in [2.24, 2.45) is 17.8 Å². The van der Waals surface area contributed by atoms with E-state index in [1.165, 1.54) is 0 Å². The smallest absolute Gasteiger partial charge is 0.410 e. The van der Waals surface area contributed by atoms with Gasteiger partial charge in [-0.1, -0.05) is 0 Å². The van der Waals surface area contributed by atoms with Crippen molar-refractivity contribution in [3.63, 3.8) is 0 Å². The number of hydrogen-bond acceptors (Lipinski definition) is 3. The first-order valence-electron chi connectivity index (χ1n) is 6.98. The molecule has 5 nitrogen and oxygen atoms in total. The maximum Gasteiger partial charge on any atom is 0.410 e. The topological polar surface area (TPSA) is 66.8 Å². The fraction of sp³-hybridized carbons (Fsp3) is 0.857. The first kappa shape index (κ1) is 14.2. The number of rotatable bonds is 2. The Morgan fingerprint density at radius 2 is 1.79 bits per heavy atom. The van der Waals surface area contributed by atoms with Crippen molar-refractivity contribution in [3.05, 3.63) is 0 Å². The minimum absolute atomic E-state index is 0.141. The predicted octanol–water partition coefficient (Wildman–Crippen LogP) is 2.35. The van der Waals surface area contributed by atoms with Crippen LogP contribution in [0.3, 0.4) is 0 Å². The summed E-state index contributed by atoms with van der Waals surface area (Å²) in [4.78, 5) is 24.5. The first-order valence-corrected chi connectivity index (χ1v) is 6.98. The van der Waals surface area contributed by atoms with Gasteiger partial charge in [0.2, 0.25) is 0 Å². The summed E-state index contributed by atoms with van der Waals surface area (Å²) in [5.41, 5.74) is -0.459. The summed E-state index contributed by atoms with van der Waals surface area (Å²) in [6.45, 7) is 6.95. The lowest BCUT2D eigenvalue weighted by molar-refractivity contribution is -0.139. The van der Waals surface area contributed by atoms with Crippen molar-refractivity contribution in [2.45, 2.75) is 45.6 Å². The predicted molar refractivity (Wildman–Crippen MR) is 69.8 cm³/mol. The molecule has 1 saturated carbocycles. The van der Waals surface area contributed by atoms with Crippen LogP contribution in [0.2, 0.25) is 0 Å². The molecule has 108 valence electrons. The Morgan fingerprint density at radius 1 is 1.21 bits per heavy atom. The van der Waals surface area contributed by atoms with Gasteiger partial charge in [-0.3, -0.25) is 4.79 Å². The van der Waals surface area contributed by atoms with E-state index in [-0.39, 0.29) is 12.0 Å². The van der Waals surface area contributed by atoms with Crippen molar-refractivity contribution in [1.82, 2.24) is 4.90 Å². The molecule has 2 aliphatic rings. The second kappa shape index (κ2) is 5.02. The zero-order chi connectivity index (χ0) is 14.2. The third kappa shape index (κ3) is 3.61. The number of carboxylic acid groups (broad SMARTS) is 1. The van der Waals surface area contributed by atoms with Gasteiger partial charge in [0.1, 0.15) is 5.60 Å². The van der Waals surface area contributed by atoms with Crippen molar-refractivity contribution in [2.75, 3.05) is 13.1 Å². The van der Waals surface area contributed by atoms with E-state index in [4.69, 9.17) is 9.84 Å². The van der Waals surface area contributed by atoms with Gasteiger partial charge in [0.15, 0.2) is 0 Å². The number of carbonyl (C=O) groups excluding carboxylic acids is 1. The van der Waals surface area contributed by atoms with E-state index in [1.807, 2.05) is 20.8 Å². The zero-order valence-electron chi connectivity index (χ0n) is 11.9. The lowest BCUT2D eigenvalue weighted by atomic mass is 9.91. The van der Waals surface area contributed by atoms with E-state index in [1.54, 1.807) is 4.90 Å². The average Bonchev–Trinajstić information content (AvgIpc) is 3.07. The van der Waals surface area contributed by atoms with Gasteiger partial charge in [0.25, 0.3) is 0 Å². The molecule has 1 amide bonds. The molecule has 1 N–H and O–H groups in total. The van der Waals surface area contributed by atoms with Gasteiger partial charge >= 0.3 is 12.1 Å². The molecule has 0 radical (unpaired) electrons. The third-order valence-corrected chi connectivity index (χ3v) is 3.95. The minimum atomic E-state index is -0.667. The highest BCUT2D eigenvalue weighted by Crippen LogP contribution is 2.48. The molecule has 0 bridgehead atoms. The molecule has 1 saturated heterocycles. The Morgan fingerprint density at radius 3 is 2.21 bits per heavy atom. The van der Waals surface area contributed by atoms with Crippen LogP contribution >= 0.6 is 0 Å². The highest BCUT2D eigenvalue weighted by molar-refractivity contribution is 5.73. The van der Waals surface area contributed by atoms with Crippen LogP contribution in [0.5, 0.6) is 0 Å². The van der Waals surface area contributed by atoms with Crippen LogP contribution in [0.1, 0.15) is 40.0 Å². The first-order chi connectivity index (χ1) is 8.78. The zero-order valence-corrected chi connectivity index (χ0v) is 11.9. The summed E-state index contributed by atoms with van der Waals surface area (Å²) in [6, 6.07) is 0. The molecule has 0 unspecified atom stereocenters. The molecule has 1 aliphatic carbocycles. The van der Waals surface area contributed by atoms with Crippen LogP contribution in [0.4, 0.5) is 4.79 Å². The highest BCUT2D eigenvalue weighted by Gasteiger charge is 2.48. The Bertz CT molecular complexity index is 366. The molecule has 2 rings (SSSR count). The summed E-state index contributed by atoms with van der Waals surface area (Å²) in [6.07, 6.45) is 2.35.